The van der Waals surface area contributed by atoms with Crippen LogP contribution in [0.2, 0.25) is 0 Å². The lowest BCUT2D eigenvalue weighted by Crippen LogP contribution is -2.37. The maximum absolute atomic E-state index is 5.47. The average molecular weight is 537 g/mol. The van der Waals surface area contributed by atoms with Crippen LogP contribution < -0.4 is 10.6 Å². The molecule has 6 nitrogen and oxygen atoms in total. The normalized spacial score (nSPS) is 14.9. The summed E-state index contributed by atoms with van der Waals surface area (Å²) in [5.41, 5.74) is 5.24. The van der Waals surface area contributed by atoms with Crippen molar-refractivity contribution >= 4 is 29.9 Å². The van der Waals surface area contributed by atoms with Gasteiger partial charge >= 0.3 is 0 Å². The third-order valence-corrected chi connectivity index (χ3v) is 5.24. The van der Waals surface area contributed by atoms with Gasteiger partial charge in [0.1, 0.15) is 0 Å². The monoisotopic (exact) mass is 537 g/mol. The summed E-state index contributed by atoms with van der Waals surface area (Å²) >= 11 is 0. The Morgan fingerprint density at radius 3 is 2.35 bits per heavy atom. The van der Waals surface area contributed by atoms with E-state index < -0.39 is 0 Å². The minimum Gasteiger partial charge on any atom is -0.379 e. The zero-order chi connectivity index (χ0) is 21.2. The fourth-order valence-electron chi connectivity index (χ4n) is 3.67. The molecule has 0 saturated carbocycles. The first-order chi connectivity index (χ1) is 14.6. The fourth-order valence-corrected chi connectivity index (χ4v) is 3.67. The van der Waals surface area contributed by atoms with Crippen molar-refractivity contribution in [3.63, 3.8) is 0 Å². The Balaban J connectivity index is 0.00000341. The number of ether oxygens (including phenoxy) is 1. The number of halogens is 1. The minimum absolute atomic E-state index is 0. The van der Waals surface area contributed by atoms with Crippen LogP contribution in [0.4, 0.5) is 0 Å². The molecular weight excluding hydrogens is 501 g/mol. The summed E-state index contributed by atoms with van der Waals surface area (Å²) in [7, 11) is 6.00. The van der Waals surface area contributed by atoms with E-state index in [0.717, 1.165) is 58.4 Å². The Kier molecular flexibility index (Phi) is 11.3. The predicted octanol–water partition coefficient (Wildman–Crippen LogP) is 3.06. The van der Waals surface area contributed by atoms with Gasteiger partial charge in [0.15, 0.2) is 5.96 Å². The number of hydrogen-bond donors (Lipinski definition) is 2. The molecule has 0 radical (unpaired) electrons. The highest BCUT2D eigenvalue weighted by molar-refractivity contribution is 14.0. The molecule has 0 spiro atoms. The van der Waals surface area contributed by atoms with E-state index in [1.165, 1.54) is 22.3 Å². The van der Waals surface area contributed by atoms with Gasteiger partial charge in [-0.3, -0.25) is 9.89 Å². The molecule has 0 unspecified atom stereocenters. The SMILES string of the molecule is CN=C(NCc1cccc(CN(C)C)c1)NCc1ccccc1CN1CCOCC1.I. The molecule has 0 bridgehead atoms. The van der Waals surface area contributed by atoms with Crippen molar-refractivity contribution in [2.45, 2.75) is 26.2 Å². The summed E-state index contributed by atoms with van der Waals surface area (Å²) in [5, 5.41) is 6.90. The number of nitrogens with zero attached hydrogens (tertiary/aromatic N) is 3. The van der Waals surface area contributed by atoms with Crippen LogP contribution in [0, 0.1) is 0 Å². The lowest BCUT2D eigenvalue weighted by Gasteiger charge is -2.27. The second-order valence-electron chi connectivity index (χ2n) is 7.99. The molecule has 1 aliphatic heterocycles. The molecular formula is C24H36IN5O. The van der Waals surface area contributed by atoms with Crippen molar-refractivity contribution in [1.29, 1.82) is 0 Å². The first-order valence-electron chi connectivity index (χ1n) is 10.7. The average Bonchev–Trinajstić information content (AvgIpc) is 2.75. The van der Waals surface area contributed by atoms with E-state index in [9.17, 15) is 0 Å². The lowest BCUT2D eigenvalue weighted by atomic mass is 10.1. The Labute approximate surface area is 204 Å². The largest absolute Gasteiger partial charge is 0.379 e. The van der Waals surface area contributed by atoms with Crippen LogP contribution >= 0.6 is 24.0 Å². The number of nitrogens with one attached hydrogen (secondary N) is 2. The van der Waals surface area contributed by atoms with Gasteiger partial charge in [-0.25, -0.2) is 0 Å². The number of guanidine groups is 1. The molecule has 7 heteroatoms. The van der Waals surface area contributed by atoms with Gasteiger partial charge in [-0.1, -0.05) is 48.5 Å². The summed E-state index contributed by atoms with van der Waals surface area (Å²) in [6, 6.07) is 17.3. The van der Waals surface area contributed by atoms with E-state index in [2.05, 4.69) is 88.1 Å². The molecule has 170 valence electrons. The standard InChI is InChI=1S/C24H35N5O.HI/c1-25-24(26-16-20-7-6-8-21(15-20)18-28(2)3)27-17-22-9-4-5-10-23(22)19-29-11-13-30-14-12-29;/h4-10,15H,11-14,16-19H2,1-3H3,(H2,25,26,27);1H. The van der Waals surface area contributed by atoms with E-state index in [0.29, 0.717) is 0 Å². The molecule has 0 aliphatic carbocycles. The van der Waals surface area contributed by atoms with Crippen molar-refractivity contribution in [3.05, 3.63) is 70.8 Å². The van der Waals surface area contributed by atoms with Gasteiger partial charge in [-0.15, -0.1) is 24.0 Å². The van der Waals surface area contributed by atoms with Crippen molar-refractivity contribution in [1.82, 2.24) is 20.4 Å². The number of hydrogen-bond acceptors (Lipinski definition) is 4. The second kappa shape index (κ2) is 13.7. The summed E-state index contributed by atoms with van der Waals surface area (Å²) in [6.45, 7) is 7.05. The van der Waals surface area contributed by atoms with Gasteiger partial charge in [0.2, 0.25) is 0 Å². The van der Waals surface area contributed by atoms with Gasteiger partial charge in [0.25, 0.3) is 0 Å². The number of aliphatic imine (C=N–C) groups is 1. The molecule has 0 aromatic heterocycles. The maximum atomic E-state index is 5.47. The zero-order valence-corrected chi connectivity index (χ0v) is 21.3. The Bertz CT molecular complexity index is 821. The van der Waals surface area contributed by atoms with E-state index >= 15 is 0 Å². The smallest absolute Gasteiger partial charge is 0.191 e. The minimum atomic E-state index is 0. The Morgan fingerprint density at radius 2 is 1.65 bits per heavy atom. The zero-order valence-electron chi connectivity index (χ0n) is 18.9. The van der Waals surface area contributed by atoms with Crippen LogP contribution in [-0.2, 0) is 30.9 Å². The predicted molar refractivity (Wildman–Crippen MR) is 139 cm³/mol. The van der Waals surface area contributed by atoms with Crippen molar-refractivity contribution < 1.29 is 4.74 Å². The van der Waals surface area contributed by atoms with Crippen LogP contribution in [0.15, 0.2) is 53.5 Å². The fraction of sp³-hybridized carbons (Fsp3) is 0.458. The van der Waals surface area contributed by atoms with Gasteiger partial charge in [0, 0.05) is 46.3 Å². The highest BCUT2D eigenvalue weighted by Crippen LogP contribution is 2.13. The van der Waals surface area contributed by atoms with Crippen molar-refractivity contribution in [2.75, 3.05) is 47.4 Å². The van der Waals surface area contributed by atoms with Gasteiger partial charge in [-0.2, -0.15) is 0 Å². The van der Waals surface area contributed by atoms with Crippen LogP contribution in [0.25, 0.3) is 0 Å². The third kappa shape index (κ3) is 8.76. The van der Waals surface area contributed by atoms with Crippen molar-refractivity contribution in [2.24, 2.45) is 4.99 Å². The molecule has 1 saturated heterocycles. The van der Waals surface area contributed by atoms with Crippen LogP contribution in [0.3, 0.4) is 0 Å². The van der Waals surface area contributed by atoms with Crippen molar-refractivity contribution in [3.8, 4) is 0 Å². The van der Waals surface area contributed by atoms with Crippen LogP contribution in [-0.4, -0.2) is 63.2 Å². The first kappa shape index (κ1) is 25.6. The topological polar surface area (TPSA) is 52.1 Å². The van der Waals surface area contributed by atoms with E-state index in [1.807, 2.05) is 7.05 Å². The van der Waals surface area contributed by atoms with E-state index in [-0.39, 0.29) is 24.0 Å². The van der Waals surface area contributed by atoms with Gasteiger partial charge in [0.05, 0.1) is 13.2 Å². The van der Waals surface area contributed by atoms with Crippen LogP contribution in [0.1, 0.15) is 22.3 Å². The summed E-state index contributed by atoms with van der Waals surface area (Å²) in [5.74, 6) is 0.814. The quantitative estimate of drug-likeness (QED) is 0.308. The molecule has 2 aromatic carbocycles. The Hall–Kier alpha value is -1.68. The highest BCUT2D eigenvalue weighted by Gasteiger charge is 2.12. The summed E-state index contributed by atoms with van der Waals surface area (Å²) in [6.07, 6.45) is 0. The molecule has 2 aromatic rings. The molecule has 3 rings (SSSR count). The molecule has 1 heterocycles. The summed E-state index contributed by atoms with van der Waals surface area (Å²) < 4.78 is 5.47. The van der Waals surface area contributed by atoms with Crippen LogP contribution in [0.5, 0.6) is 0 Å². The van der Waals surface area contributed by atoms with E-state index in [1.54, 1.807) is 0 Å². The maximum Gasteiger partial charge on any atom is 0.191 e. The molecule has 0 amide bonds. The molecule has 2 N–H and O–H groups in total. The van der Waals surface area contributed by atoms with E-state index in [4.69, 9.17) is 4.74 Å². The first-order valence-corrected chi connectivity index (χ1v) is 10.7. The number of rotatable bonds is 8. The molecule has 31 heavy (non-hydrogen) atoms. The lowest BCUT2D eigenvalue weighted by molar-refractivity contribution is 0.0341. The van der Waals surface area contributed by atoms with Gasteiger partial charge in [-0.05, 0) is 36.3 Å². The molecule has 1 fully saturated rings. The number of morpholine rings is 1. The highest BCUT2D eigenvalue weighted by atomic mass is 127. The molecule has 0 atom stereocenters. The molecule has 1 aliphatic rings. The summed E-state index contributed by atoms with van der Waals surface area (Å²) in [4.78, 5) is 9.03. The Morgan fingerprint density at radius 1 is 0.968 bits per heavy atom. The third-order valence-electron chi connectivity index (χ3n) is 5.24. The second-order valence-corrected chi connectivity index (χ2v) is 7.99. The van der Waals surface area contributed by atoms with Gasteiger partial charge < -0.3 is 20.3 Å². The number of benzene rings is 2.